The second-order valence-corrected chi connectivity index (χ2v) is 8.24. The molecule has 0 spiro atoms. The third kappa shape index (κ3) is 2.75. The highest BCUT2D eigenvalue weighted by molar-refractivity contribution is 7.25. The molecule has 5 rings (SSSR count). The van der Waals surface area contributed by atoms with Gasteiger partial charge in [-0.3, -0.25) is 0 Å². The lowest BCUT2D eigenvalue weighted by Gasteiger charge is -2.08. The molecule has 0 aliphatic heterocycles. The summed E-state index contributed by atoms with van der Waals surface area (Å²) in [6, 6.07) is 30.8. The van der Waals surface area contributed by atoms with Gasteiger partial charge in [-0.15, -0.1) is 11.3 Å². The summed E-state index contributed by atoms with van der Waals surface area (Å²) in [6.45, 7) is 4.43. The lowest BCUT2D eigenvalue weighted by Crippen LogP contribution is -1.84. The summed E-state index contributed by atoms with van der Waals surface area (Å²) in [5.74, 6) is 0. The number of hydrogen-bond acceptors (Lipinski definition) is 1. The Bertz CT molecular complexity index is 1160. The number of rotatable bonds is 2. The molecular formula is C26H20S. The molecule has 0 aliphatic rings. The molecule has 0 saturated carbocycles. The van der Waals surface area contributed by atoms with Crippen molar-refractivity contribution in [3.63, 3.8) is 0 Å². The second-order valence-electron chi connectivity index (χ2n) is 7.16. The molecule has 27 heavy (non-hydrogen) atoms. The maximum atomic E-state index is 2.38. The summed E-state index contributed by atoms with van der Waals surface area (Å²) >= 11 is 1.90. The van der Waals surface area contributed by atoms with Gasteiger partial charge in [-0.05, 0) is 71.5 Å². The minimum Gasteiger partial charge on any atom is -0.135 e. The van der Waals surface area contributed by atoms with E-state index in [1.54, 1.807) is 0 Å². The smallest absolute Gasteiger partial charge is 0.0358 e. The van der Waals surface area contributed by atoms with E-state index in [4.69, 9.17) is 0 Å². The zero-order chi connectivity index (χ0) is 18.4. The monoisotopic (exact) mass is 364 g/mol. The molecule has 0 nitrogen and oxygen atoms in total. The standard InChI is InChI=1S/C26H20S/c1-17-13-25-23(15-21(17)19-9-5-3-6-10-19)24-16-22(18(2)14-26(24)27-25)20-11-7-4-8-12-20/h3-16H,1-2H3. The van der Waals surface area contributed by atoms with E-state index in [1.165, 1.54) is 53.6 Å². The van der Waals surface area contributed by atoms with Crippen LogP contribution in [0.1, 0.15) is 11.1 Å². The SMILES string of the molecule is Cc1cc2sc3cc(C)c(-c4ccccc4)cc3c2cc1-c1ccccc1. The Morgan fingerprint density at radius 3 is 1.33 bits per heavy atom. The first-order valence-electron chi connectivity index (χ1n) is 9.29. The average molecular weight is 365 g/mol. The first-order valence-corrected chi connectivity index (χ1v) is 10.1. The lowest BCUT2D eigenvalue weighted by molar-refractivity contribution is 1.49. The highest BCUT2D eigenvalue weighted by Gasteiger charge is 2.12. The molecule has 1 aromatic heterocycles. The molecule has 0 radical (unpaired) electrons. The number of benzene rings is 4. The fraction of sp³-hybridized carbons (Fsp3) is 0.0769. The van der Waals surface area contributed by atoms with E-state index in [-0.39, 0.29) is 0 Å². The topological polar surface area (TPSA) is 0 Å². The average Bonchev–Trinajstić information content (AvgIpc) is 3.03. The number of hydrogen-bond donors (Lipinski definition) is 0. The van der Waals surface area contributed by atoms with Crippen LogP contribution in [0, 0.1) is 13.8 Å². The van der Waals surface area contributed by atoms with Crippen molar-refractivity contribution in [2.45, 2.75) is 13.8 Å². The summed E-state index contributed by atoms with van der Waals surface area (Å²) in [4.78, 5) is 0. The van der Waals surface area contributed by atoms with E-state index < -0.39 is 0 Å². The normalized spacial score (nSPS) is 11.3. The lowest BCUT2D eigenvalue weighted by atomic mass is 9.95. The Hall–Kier alpha value is -2.90. The summed E-state index contributed by atoms with van der Waals surface area (Å²) in [5.41, 5.74) is 7.88. The van der Waals surface area contributed by atoms with Gasteiger partial charge in [-0.2, -0.15) is 0 Å². The summed E-state index contributed by atoms with van der Waals surface area (Å²) in [5, 5.41) is 2.72. The first kappa shape index (κ1) is 16.3. The van der Waals surface area contributed by atoms with Gasteiger partial charge in [-0.25, -0.2) is 0 Å². The van der Waals surface area contributed by atoms with E-state index in [1.807, 2.05) is 11.3 Å². The third-order valence-electron chi connectivity index (χ3n) is 5.33. The maximum absolute atomic E-state index is 2.38. The largest absolute Gasteiger partial charge is 0.135 e. The molecule has 1 heterocycles. The summed E-state index contributed by atoms with van der Waals surface area (Å²) < 4.78 is 2.73. The van der Waals surface area contributed by atoms with Crippen LogP contribution >= 0.6 is 11.3 Å². The van der Waals surface area contributed by atoms with Crippen LogP contribution in [0.3, 0.4) is 0 Å². The summed E-state index contributed by atoms with van der Waals surface area (Å²) in [7, 11) is 0. The predicted molar refractivity (Wildman–Crippen MR) is 120 cm³/mol. The van der Waals surface area contributed by atoms with E-state index in [2.05, 4.69) is 98.8 Å². The van der Waals surface area contributed by atoms with E-state index in [0.29, 0.717) is 0 Å². The zero-order valence-corrected chi connectivity index (χ0v) is 16.3. The van der Waals surface area contributed by atoms with Crippen LogP contribution in [0.15, 0.2) is 84.9 Å². The van der Waals surface area contributed by atoms with Gasteiger partial charge in [0.05, 0.1) is 0 Å². The van der Waals surface area contributed by atoms with Gasteiger partial charge >= 0.3 is 0 Å². The zero-order valence-electron chi connectivity index (χ0n) is 15.5. The van der Waals surface area contributed by atoms with E-state index in [9.17, 15) is 0 Å². The maximum Gasteiger partial charge on any atom is 0.0358 e. The van der Waals surface area contributed by atoms with Crippen molar-refractivity contribution in [1.29, 1.82) is 0 Å². The fourth-order valence-corrected chi connectivity index (χ4v) is 5.19. The molecule has 0 atom stereocenters. The van der Waals surface area contributed by atoms with Crippen molar-refractivity contribution in [3.8, 4) is 22.3 Å². The van der Waals surface area contributed by atoms with Crippen LogP contribution < -0.4 is 0 Å². The molecule has 5 aromatic rings. The molecule has 0 amide bonds. The molecule has 0 N–H and O–H groups in total. The van der Waals surface area contributed by atoms with Crippen molar-refractivity contribution in [3.05, 3.63) is 96.1 Å². The molecule has 0 bridgehead atoms. The first-order chi connectivity index (χ1) is 13.2. The van der Waals surface area contributed by atoms with E-state index in [0.717, 1.165) is 0 Å². The Morgan fingerprint density at radius 1 is 0.519 bits per heavy atom. The molecule has 1 heteroatoms. The molecule has 130 valence electrons. The van der Waals surface area contributed by atoms with Crippen LogP contribution in [-0.2, 0) is 0 Å². The van der Waals surface area contributed by atoms with Gasteiger partial charge in [0.15, 0.2) is 0 Å². The minimum atomic E-state index is 1.28. The predicted octanol–water partition coefficient (Wildman–Crippen LogP) is 8.01. The van der Waals surface area contributed by atoms with Crippen molar-refractivity contribution in [1.82, 2.24) is 0 Å². The van der Waals surface area contributed by atoms with Gasteiger partial charge in [-0.1, -0.05) is 60.7 Å². The molecule has 0 fully saturated rings. The van der Waals surface area contributed by atoms with Crippen LogP contribution in [0.25, 0.3) is 42.4 Å². The highest BCUT2D eigenvalue weighted by atomic mass is 32.1. The van der Waals surface area contributed by atoms with E-state index >= 15 is 0 Å². The van der Waals surface area contributed by atoms with Crippen molar-refractivity contribution < 1.29 is 0 Å². The van der Waals surface area contributed by atoms with Crippen LogP contribution in [-0.4, -0.2) is 0 Å². The molecule has 0 saturated heterocycles. The third-order valence-corrected chi connectivity index (χ3v) is 6.45. The quantitative estimate of drug-likeness (QED) is 0.297. The van der Waals surface area contributed by atoms with Gasteiger partial charge in [0.25, 0.3) is 0 Å². The number of fused-ring (bicyclic) bond motifs is 3. The molecule has 0 unspecified atom stereocenters. The molecular weight excluding hydrogens is 344 g/mol. The van der Waals surface area contributed by atoms with Crippen LogP contribution in [0.2, 0.25) is 0 Å². The fourth-order valence-electron chi connectivity index (χ4n) is 3.93. The Labute approximate surface area is 163 Å². The Balaban J connectivity index is 1.80. The van der Waals surface area contributed by atoms with Crippen LogP contribution in [0.4, 0.5) is 0 Å². The molecule has 0 aliphatic carbocycles. The Morgan fingerprint density at radius 2 is 0.926 bits per heavy atom. The minimum absolute atomic E-state index is 1.28. The highest BCUT2D eigenvalue weighted by Crippen LogP contribution is 2.40. The summed E-state index contributed by atoms with van der Waals surface area (Å²) in [6.07, 6.45) is 0. The van der Waals surface area contributed by atoms with Crippen molar-refractivity contribution in [2.24, 2.45) is 0 Å². The van der Waals surface area contributed by atoms with Gasteiger partial charge in [0.2, 0.25) is 0 Å². The van der Waals surface area contributed by atoms with Crippen molar-refractivity contribution >= 4 is 31.5 Å². The molecule has 4 aromatic carbocycles. The van der Waals surface area contributed by atoms with Crippen LogP contribution in [0.5, 0.6) is 0 Å². The Kier molecular flexibility index (Phi) is 3.84. The van der Waals surface area contributed by atoms with Gasteiger partial charge in [0.1, 0.15) is 0 Å². The number of thiophene rings is 1. The van der Waals surface area contributed by atoms with Gasteiger partial charge < -0.3 is 0 Å². The van der Waals surface area contributed by atoms with Crippen molar-refractivity contribution in [2.75, 3.05) is 0 Å². The second kappa shape index (κ2) is 6.37. The number of aryl methyl sites for hydroxylation is 2. The van der Waals surface area contributed by atoms with Gasteiger partial charge in [0, 0.05) is 20.2 Å².